The molecule has 1 aromatic carbocycles. The maximum absolute atomic E-state index is 11.8. The van der Waals surface area contributed by atoms with Crippen molar-refractivity contribution in [2.24, 2.45) is 0 Å². The molecule has 1 aromatic heterocycles. The van der Waals surface area contributed by atoms with Crippen molar-refractivity contribution in [2.75, 3.05) is 6.54 Å². The SMILES string of the molecule is CCCC(O)(CCNC(=O)OCc1ccccc1)c1ccnc(Cl)c1. The monoisotopic (exact) mass is 362 g/mol. The number of hydrogen-bond acceptors (Lipinski definition) is 4. The number of carbonyl (C=O) groups excluding carboxylic acids is 1. The van der Waals surface area contributed by atoms with E-state index >= 15 is 0 Å². The van der Waals surface area contributed by atoms with Gasteiger partial charge in [0.1, 0.15) is 11.8 Å². The molecule has 0 saturated carbocycles. The number of aliphatic hydroxyl groups is 1. The van der Waals surface area contributed by atoms with E-state index in [9.17, 15) is 9.90 Å². The van der Waals surface area contributed by atoms with E-state index in [0.29, 0.717) is 30.1 Å². The number of benzene rings is 1. The molecule has 6 heteroatoms. The second-order valence-corrected chi connectivity index (χ2v) is 6.27. The summed E-state index contributed by atoms with van der Waals surface area (Å²) in [5, 5.41) is 14.0. The van der Waals surface area contributed by atoms with E-state index < -0.39 is 11.7 Å². The number of alkyl carbamates (subject to hydrolysis) is 1. The summed E-state index contributed by atoms with van der Waals surface area (Å²) in [5.74, 6) is 0. The van der Waals surface area contributed by atoms with Gasteiger partial charge < -0.3 is 15.2 Å². The lowest BCUT2D eigenvalue weighted by Crippen LogP contribution is -2.33. The summed E-state index contributed by atoms with van der Waals surface area (Å²) in [4.78, 5) is 15.7. The molecule has 25 heavy (non-hydrogen) atoms. The van der Waals surface area contributed by atoms with Crippen LogP contribution in [0, 0.1) is 0 Å². The Labute approximate surface area is 153 Å². The van der Waals surface area contributed by atoms with E-state index in [-0.39, 0.29) is 6.61 Å². The van der Waals surface area contributed by atoms with Crippen LogP contribution in [0.2, 0.25) is 5.15 Å². The van der Waals surface area contributed by atoms with Crippen LogP contribution in [-0.4, -0.2) is 22.7 Å². The molecule has 0 aliphatic carbocycles. The summed E-state index contributed by atoms with van der Waals surface area (Å²) in [6.07, 6.45) is 2.79. The quantitative estimate of drug-likeness (QED) is 0.695. The lowest BCUT2D eigenvalue weighted by atomic mass is 9.87. The first-order valence-electron chi connectivity index (χ1n) is 8.32. The van der Waals surface area contributed by atoms with Crippen molar-refractivity contribution < 1.29 is 14.6 Å². The Kier molecular flexibility index (Phi) is 7.22. The number of hydrogen-bond donors (Lipinski definition) is 2. The number of amides is 1. The lowest BCUT2D eigenvalue weighted by molar-refractivity contribution is 0.0178. The number of ether oxygens (including phenoxy) is 1. The molecular weight excluding hydrogens is 340 g/mol. The zero-order chi connectivity index (χ0) is 18.1. The van der Waals surface area contributed by atoms with Crippen molar-refractivity contribution in [3.8, 4) is 0 Å². The molecular formula is C19H23ClN2O3. The predicted molar refractivity (Wildman–Crippen MR) is 97.3 cm³/mol. The second-order valence-electron chi connectivity index (χ2n) is 5.89. The first-order valence-corrected chi connectivity index (χ1v) is 8.70. The van der Waals surface area contributed by atoms with Crippen LogP contribution in [0.3, 0.4) is 0 Å². The van der Waals surface area contributed by atoms with Gasteiger partial charge in [-0.3, -0.25) is 0 Å². The van der Waals surface area contributed by atoms with Crippen LogP contribution >= 0.6 is 11.6 Å². The molecule has 134 valence electrons. The van der Waals surface area contributed by atoms with Gasteiger partial charge in [0.05, 0.1) is 5.60 Å². The van der Waals surface area contributed by atoms with Crippen LogP contribution in [0.1, 0.15) is 37.3 Å². The average Bonchev–Trinajstić information content (AvgIpc) is 2.61. The van der Waals surface area contributed by atoms with Gasteiger partial charge in [0.15, 0.2) is 0 Å². The molecule has 1 atom stereocenters. The number of pyridine rings is 1. The fourth-order valence-corrected chi connectivity index (χ4v) is 2.84. The maximum atomic E-state index is 11.8. The molecule has 1 heterocycles. The molecule has 2 N–H and O–H groups in total. The number of rotatable bonds is 8. The Morgan fingerprint density at radius 2 is 2.04 bits per heavy atom. The summed E-state index contributed by atoms with van der Waals surface area (Å²) in [7, 11) is 0. The third kappa shape index (κ3) is 6.03. The lowest BCUT2D eigenvalue weighted by Gasteiger charge is -2.28. The highest BCUT2D eigenvalue weighted by atomic mass is 35.5. The van der Waals surface area contributed by atoms with E-state index in [1.165, 1.54) is 0 Å². The van der Waals surface area contributed by atoms with E-state index in [4.69, 9.17) is 16.3 Å². The molecule has 0 saturated heterocycles. The highest BCUT2D eigenvalue weighted by Crippen LogP contribution is 2.30. The molecule has 0 radical (unpaired) electrons. The first kappa shape index (κ1) is 19.2. The highest BCUT2D eigenvalue weighted by Gasteiger charge is 2.28. The smallest absolute Gasteiger partial charge is 0.407 e. The van der Waals surface area contributed by atoms with Crippen LogP contribution in [0.15, 0.2) is 48.7 Å². The number of carbonyl (C=O) groups is 1. The maximum Gasteiger partial charge on any atom is 0.407 e. The van der Waals surface area contributed by atoms with Gasteiger partial charge in [0.2, 0.25) is 0 Å². The number of nitrogens with one attached hydrogen (secondary N) is 1. The Morgan fingerprint density at radius 1 is 1.28 bits per heavy atom. The summed E-state index contributed by atoms with van der Waals surface area (Å²) >= 11 is 5.92. The molecule has 0 bridgehead atoms. The number of aromatic nitrogens is 1. The first-order chi connectivity index (χ1) is 12.0. The molecule has 2 aromatic rings. The third-order valence-electron chi connectivity index (χ3n) is 3.95. The minimum atomic E-state index is -1.06. The largest absolute Gasteiger partial charge is 0.445 e. The van der Waals surface area contributed by atoms with Gasteiger partial charge in [-0.15, -0.1) is 0 Å². The average molecular weight is 363 g/mol. The van der Waals surface area contributed by atoms with Gasteiger partial charge in [0.25, 0.3) is 0 Å². The van der Waals surface area contributed by atoms with E-state index in [0.717, 1.165) is 12.0 Å². The van der Waals surface area contributed by atoms with Crippen LogP contribution < -0.4 is 5.32 Å². The normalized spacial score (nSPS) is 13.1. The zero-order valence-electron chi connectivity index (χ0n) is 14.2. The molecule has 0 aliphatic rings. The molecule has 0 aliphatic heterocycles. The van der Waals surface area contributed by atoms with Crippen molar-refractivity contribution in [3.05, 3.63) is 64.9 Å². The summed E-state index contributed by atoms with van der Waals surface area (Å²) in [6, 6.07) is 12.9. The second kappa shape index (κ2) is 9.39. The van der Waals surface area contributed by atoms with Gasteiger partial charge in [-0.1, -0.05) is 55.3 Å². The molecule has 1 amide bonds. The van der Waals surface area contributed by atoms with E-state index in [1.54, 1.807) is 18.3 Å². The molecule has 0 spiro atoms. The van der Waals surface area contributed by atoms with Gasteiger partial charge in [-0.2, -0.15) is 0 Å². The van der Waals surface area contributed by atoms with E-state index in [1.807, 2.05) is 37.3 Å². The van der Waals surface area contributed by atoms with Gasteiger partial charge in [0, 0.05) is 12.7 Å². The van der Waals surface area contributed by atoms with Gasteiger partial charge in [-0.05, 0) is 36.1 Å². The van der Waals surface area contributed by atoms with Gasteiger partial charge in [-0.25, -0.2) is 9.78 Å². The molecule has 5 nitrogen and oxygen atoms in total. The minimum Gasteiger partial charge on any atom is -0.445 e. The van der Waals surface area contributed by atoms with Crippen LogP contribution in [0.4, 0.5) is 4.79 Å². The predicted octanol–water partition coefficient (Wildman–Crippen LogP) is 4.04. The number of halogens is 1. The minimum absolute atomic E-state index is 0.214. The van der Waals surface area contributed by atoms with Crippen molar-refractivity contribution >= 4 is 17.7 Å². The summed E-state index contributed by atoms with van der Waals surface area (Å²) in [5.41, 5.74) is 0.564. The van der Waals surface area contributed by atoms with Crippen molar-refractivity contribution in [3.63, 3.8) is 0 Å². The third-order valence-corrected chi connectivity index (χ3v) is 4.15. The van der Waals surface area contributed by atoms with Crippen LogP contribution in [-0.2, 0) is 16.9 Å². The fourth-order valence-electron chi connectivity index (χ4n) is 2.66. The Balaban J connectivity index is 1.85. The Morgan fingerprint density at radius 3 is 2.72 bits per heavy atom. The molecule has 0 fully saturated rings. The fraction of sp³-hybridized carbons (Fsp3) is 0.368. The summed E-state index contributed by atoms with van der Waals surface area (Å²) in [6.45, 7) is 2.51. The summed E-state index contributed by atoms with van der Waals surface area (Å²) < 4.78 is 5.16. The van der Waals surface area contributed by atoms with Gasteiger partial charge >= 0.3 is 6.09 Å². The van der Waals surface area contributed by atoms with Crippen molar-refractivity contribution in [1.82, 2.24) is 10.3 Å². The Hall–Kier alpha value is -2.11. The van der Waals surface area contributed by atoms with Crippen molar-refractivity contribution in [2.45, 2.75) is 38.4 Å². The molecule has 1 unspecified atom stereocenters. The Bertz CT molecular complexity index is 681. The van der Waals surface area contributed by atoms with Crippen molar-refractivity contribution in [1.29, 1.82) is 0 Å². The highest BCUT2D eigenvalue weighted by molar-refractivity contribution is 6.29. The van der Waals surface area contributed by atoms with E-state index in [2.05, 4.69) is 10.3 Å². The topological polar surface area (TPSA) is 71.5 Å². The van der Waals surface area contributed by atoms with Crippen LogP contribution in [0.25, 0.3) is 0 Å². The standard InChI is InChI=1S/C19H23ClN2O3/c1-2-9-19(24,16-8-11-21-17(20)13-16)10-12-22-18(23)25-14-15-6-4-3-5-7-15/h3-8,11,13,24H,2,9-10,12,14H2,1H3,(H,22,23). The zero-order valence-corrected chi connectivity index (χ0v) is 15.0. The molecule has 2 rings (SSSR count). The number of nitrogens with zero attached hydrogens (tertiary/aromatic N) is 1. The van der Waals surface area contributed by atoms with Crippen LogP contribution in [0.5, 0.6) is 0 Å².